The van der Waals surface area contributed by atoms with Gasteiger partial charge in [-0.05, 0) is 29.3 Å². The molecule has 1 rings (SSSR count). The number of halogens is 3. The molecular formula is C11H15Cl3Si. The van der Waals surface area contributed by atoms with Gasteiger partial charge in [0, 0.05) is 24.0 Å². The highest BCUT2D eigenvalue weighted by Crippen LogP contribution is 2.28. The third-order valence-electron chi connectivity index (χ3n) is 2.08. The monoisotopic (exact) mass is 280 g/mol. The topological polar surface area (TPSA) is 0 Å². The predicted octanol–water partition coefficient (Wildman–Crippen LogP) is 5.15. The summed E-state index contributed by atoms with van der Waals surface area (Å²) in [6.45, 7) is 6.94. The quantitative estimate of drug-likeness (QED) is 0.531. The average Bonchev–Trinajstić information content (AvgIpc) is 2.08. The van der Waals surface area contributed by atoms with E-state index in [2.05, 4.69) is 19.6 Å². The Labute approximate surface area is 108 Å². The number of rotatable bonds is 3. The van der Waals surface area contributed by atoms with Crippen LogP contribution in [0, 0.1) is 0 Å². The molecule has 0 spiro atoms. The minimum absolute atomic E-state index is 0.409. The molecule has 0 N–H and O–H groups in total. The van der Waals surface area contributed by atoms with Crippen molar-refractivity contribution in [1.82, 2.24) is 0 Å². The maximum Gasteiger partial charge on any atom is 0.0489 e. The first-order chi connectivity index (χ1) is 6.83. The second-order valence-corrected chi connectivity index (χ2v) is 11.5. The van der Waals surface area contributed by atoms with E-state index in [1.54, 1.807) is 0 Å². The molecule has 0 saturated carbocycles. The molecule has 0 heterocycles. The van der Waals surface area contributed by atoms with Gasteiger partial charge in [0.2, 0.25) is 0 Å². The number of benzene rings is 1. The van der Waals surface area contributed by atoms with Crippen LogP contribution in [-0.4, -0.2) is 8.07 Å². The highest BCUT2D eigenvalue weighted by Gasteiger charge is 2.17. The summed E-state index contributed by atoms with van der Waals surface area (Å²) in [5.41, 5.74) is 2.05. The molecule has 1 aromatic rings. The Balaban J connectivity index is 3.05. The van der Waals surface area contributed by atoms with Crippen LogP contribution in [0.15, 0.2) is 12.1 Å². The lowest BCUT2D eigenvalue weighted by Crippen LogP contribution is -2.24. The zero-order valence-electron chi connectivity index (χ0n) is 9.20. The van der Waals surface area contributed by atoms with E-state index in [0.717, 1.165) is 27.2 Å². The van der Waals surface area contributed by atoms with E-state index in [1.807, 2.05) is 12.1 Å². The molecule has 0 nitrogen and oxygen atoms in total. The molecule has 0 saturated heterocycles. The molecule has 0 fully saturated rings. The zero-order chi connectivity index (χ0) is 11.6. The van der Waals surface area contributed by atoms with Crippen molar-refractivity contribution in [1.29, 1.82) is 0 Å². The van der Waals surface area contributed by atoms with Crippen LogP contribution in [0.4, 0.5) is 0 Å². The van der Waals surface area contributed by atoms with Gasteiger partial charge < -0.3 is 0 Å². The summed E-state index contributed by atoms with van der Waals surface area (Å²) in [6, 6.07) is 4.89. The maximum absolute atomic E-state index is 6.19. The largest absolute Gasteiger partial charge is 0.121 e. The van der Waals surface area contributed by atoms with Crippen molar-refractivity contribution in [3.63, 3.8) is 0 Å². The Morgan fingerprint density at radius 1 is 1.00 bits per heavy atom. The summed E-state index contributed by atoms with van der Waals surface area (Å²) < 4.78 is 0. The first kappa shape index (κ1) is 13.4. The fourth-order valence-electron chi connectivity index (χ4n) is 1.44. The SMILES string of the molecule is C[Si](C)(C)Cc1cc(Cl)c(CCl)cc1Cl. The number of hydrogen-bond acceptors (Lipinski definition) is 0. The Hall–Kier alpha value is 0.307. The molecule has 0 bridgehead atoms. The van der Waals surface area contributed by atoms with E-state index >= 15 is 0 Å². The minimum atomic E-state index is -1.16. The van der Waals surface area contributed by atoms with E-state index in [4.69, 9.17) is 34.8 Å². The fraction of sp³-hybridized carbons (Fsp3) is 0.455. The van der Waals surface area contributed by atoms with Crippen LogP contribution < -0.4 is 0 Å². The molecule has 1 aromatic carbocycles. The first-order valence-electron chi connectivity index (χ1n) is 4.86. The van der Waals surface area contributed by atoms with Crippen molar-refractivity contribution in [3.05, 3.63) is 33.3 Å². The third kappa shape index (κ3) is 3.99. The van der Waals surface area contributed by atoms with Crippen molar-refractivity contribution >= 4 is 42.9 Å². The van der Waals surface area contributed by atoms with Crippen LogP contribution >= 0.6 is 34.8 Å². The molecule has 0 aliphatic heterocycles. The van der Waals surface area contributed by atoms with Gasteiger partial charge in [0.15, 0.2) is 0 Å². The van der Waals surface area contributed by atoms with Gasteiger partial charge in [-0.2, -0.15) is 0 Å². The van der Waals surface area contributed by atoms with Gasteiger partial charge >= 0.3 is 0 Å². The molecule has 0 unspecified atom stereocenters. The Kier molecular flexibility index (Phi) is 4.54. The van der Waals surface area contributed by atoms with E-state index < -0.39 is 8.07 Å². The van der Waals surface area contributed by atoms with Crippen LogP contribution in [0.25, 0.3) is 0 Å². The molecule has 4 heteroatoms. The Morgan fingerprint density at radius 2 is 1.47 bits per heavy atom. The smallest absolute Gasteiger partial charge is 0.0489 e. The van der Waals surface area contributed by atoms with Crippen molar-refractivity contribution in [3.8, 4) is 0 Å². The summed E-state index contributed by atoms with van der Waals surface area (Å²) in [5, 5.41) is 1.51. The third-order valence-corrected chi connectivity index (χ3v) is 4.51. The first-order valence-corrected chi connectivity index (χ1v) is 9.86. The van der Waals surface area contributed by atoms with Crippen molar-refractivity contribution in [2.75, 3.05) is 0 Å². The molecule has 84 valence electrons. The van der Waals surface area contributed by atoms with Gasteiger partial charge in [-0.1, -0.05) is 42.8 Å². The van der Waals surface area contributed by atoms with E-state index in [9.17, 15) is 0 Å². The van der Waals surface area contributed by atoms with E-state index in [-0.39, 0.29) is 0 Å². The van der Waals surface area contributed by atoms with Gasteiger partial charge in [-0.25, -0.2) is 0 Å². The van der Waals surface area contributed by atoms with Crippen LogP contribution in [-0.2, 0) is 11.9 Å². The average molecular weight is 282 g/mol. The number of alkyl halides is 1. The molecule has 0 aliphatic rings. The van der Waals surface area contributed by atoms with Crippen LogP contribution in [0.5, 0.6) is 0 Å². The Morgan fingerprint density at radius 3 is 1.93 bits per heavy atom. The molecule has 0 radical (unpaired) electrons. The summed E-state index contributed by atoms with van der Waals surface area (Å²) in [5.74, 6) is 0.409. The van der Waals surface area contributed by atoms with E-state index in [1.165, 1.54) is 0 Å². The van der Waals surface area contributed by atoms with Gasteiger partial charge in [-0.3, -0.25) is 0 Å². The minimum Gasteiger partial charge on any atom is -0.121 e. The van der Waals surface area contributed by atoms with Gasteiger partial charge in [0.1, 0.15) is 0 Å². The van der Waals surface area contributed by atoms with Gasteiger partial charge in [0.05, 0.1) is 0 Å². The second kappa shape index (κ2) is 5.09. The summed E-state index contributed by atoms with van der Waals surface area (Å²) in [6.07, 6.45) is 0. The lowest BCUT2D eigenvalue weighted by Gasteiger charge is -2.17. The normalized spacial score (nSPS) is 11.9. The zero-order valence-corrected chi connectivity index (χ0v) is 12.5. The summed E-state index contributed by atoms with van der Waals surface area (Å²) in [7, 11) is -1.16. The second-order valence-electron chi connectivity index (χ2n) is 4.91. The highest BCUT2D eigenvalue weighted by atomic mass is 35.5. The molecule has 0 atom stereocenters. The summed E-state index contributed by atoms with van der Waals surface area (Å²) in [4.78, 5) is 0. The fourth-order valence-corrected chi connectivity index (χ4v) is 3.78. The molecule has 0 aromatic heterocycles. The van der Waals surface area contributed by atoms with Crippen molar-refractivity contribution < 1.29 is 0 Å². The highest BCUT2D eigenvalue weighted by molar-refractivity contribution is 6.75. The van der Waals surface area contributed by atoms with Crippen LogP contribution in [0.3, 0.4) is 0 Å². The van der Waals surface area contributed by atoms with Crippen LogP contribution in [0.1, 0.15) is 11.1 Å². The molecule has 0 aliphatic carbocycles. The van der Waals surface area contributed by atoms with Crippen molar-refractivity contribution in [2.45, 2.75) is 31.6 Å². The van der Waals surface area contributed by atoms with Gasteiger partial charge in [-0.15, -0.1) is 11.6 Å². The predicted molar refractivity (Wildman–Crippen MR) is 73.1 cm³/mol. The molecule has 0 amide bonds. The summed E-state index contributed by atoms with van der Waals surface area (Å²) >= 11 is 18.0. The molecule has 15 heavy (non-hydrogen) atoms. The maximum atomic E-state index is 6.19. The lowest BCUT2D eigenvalue weighted by molar-refractivity contribution is 1.28. The van der Waals surface area contributed by atoms with Gasteiger partial charge in [0.25, 0.3) is 0 Å². The lowest BCUT2D eigenvalue weighted by atomic mass is 10.2. The number of hydrogen-bond donors (Lipinski definition) is 0. The Bertz CT molecular complexity index is 356. The standard InChI is InChI=1S/C11H15Cl3Si/c1-15(2,3)7-9-5-10(13)8(6-12)4-11(9)14/h4-5H,6-7H2,1-3H3. The van der Waals surface area contributed by atoms with Crippen LogP contribution in [0.2, 0.25) is 29.7 Å². The van der Waals surface area contributed by atoms with E-state index in [0.29, 0.717) is 5.88 Å². The molecular weight excluding hydrogens is 267 g/mol. The van der Waals surface area contributed by atoms with Crippen molar-refractivity contribution in [2.24, 2.45) is 0 Å².